The molecule has 0 spiro atoms. The summed E-state index contributed by atoms with van der Waals surface area (Å²) in [5, 5.41) is 0. The molecule has 1 saturated heterocycles. The molecular weight excluding hydrogens is 276 g/mol. The number of carbonyl (C=O) groups excluding carboxylic acids is 1. The zero-order valence-electron chi connectivity index (χ0n) is 12.9. The Morgan fingerprint density at radius 2 is 1.86 bits per heavy atom. The number of likely N-dealkylation sites (tertiary alicyclic amines) is 1. The zero-order valence-corrected chi connectivity index (χ0v) is 12.9. The Morgan fingerprint density at radius 1 is 1.14 bits per heavy atom. The Hall–Kier alpha value is -2.36. The molecule has 2 aromatic rings. The van der Waals surface area contributed by atoms with E-state index in [9.17, 15) is 9.59 Å². The number of hydrogen-bond donors (Lipinski definition) is 1. The Bertz CT molecular complexity index is 746. The molecule has 0 aliphatic carbocycles. The molecule has 0 radical (unpaired) electrons. The Labute approximate surface area is 129 Å². The highest BCUT2D eigenvalue weighted by atomic mass is 16.2. The minimum absolute atomic E-state index is 0.0637. The maximum Gasteiger partial charge on any atom is 0.260 e. The summed E-state index contributed by atoms with van der Waals surface area (Å²) in [4.78, 5) is 29.3. The average Bonchev–Trinajstić information content (AvgIpc) is 2.97. The summed E-state index contributed by atoms with van der Waals surface area (Å²) in [6.45, 7) is 4.55. The largest absolute Gasteiger partial charge is 0.331 e. The first kappa shape index (κ1) is 14.6. The SMILES string of the molecule is Cc1ccc([C@H]2CCCN2C(=O)c2ccc(C)[nH]c2=O)cc1. The van der Waals surface area contributed by atoms with E-state index in [1.165, 1.54) is 5.56 Å². The second kappa shape index (κ2) is 5.79. The maximum atomic E-state index is 12.7. The minimum Gasteiger partial charge on any atom is -0.331 e. The molecule has 22 heavy (non-hydrogen) atoms. The fourth-order valence-corrected chi connectivity index (χ4v) is 3.04. The summed E-state index contributed by atoms with van der Waals surface area (Å²) in [7, 11) is 0. The van der Waals surface area contributed by atoms with Crippen LogP contribution in [0.25, 0.3) is 0 Å². The van der Waals surface area contributed by atoms with Crippen molar-refractivity contribution in [3.63, 3.8) is 0 Å². The molecule has 1 aliphatic heterocycles. The number of carbonyl (C=O) groups is 1. The van der Waals surface area contributed by atoms with Gasteiger partial charge in [-0.3, -0.25) is 9.59 Å². The highest BCUT2D eigenvalue weighted by Crippen LogP contribution is 2.32. The van der Waals surface area contributed by atoms with Gasteiger partial charge < -0.3 is 9.88 Å². The second-order valence-corrected chi connectivity index (χ2v) is 5.95. The van der Waals surface area contributed by atoms with E-state index in [2.05, 4.69) is 29.2 Å². The lowest BCUT2D eigenvalue weighted by Gasteiger charge is -2.25. The second-order valence-electron chi connectivity index (χ2n) is 5.95. The molecule has 114 valence electrons. The molecule has 1 fully saturated rings. The third kappa shape index (κ3) is 2.69. The van der Waals surface area contributed by atoms with Gasteiger partial charge in [-0.15, -0.1) is 0 Å². The number of pyridine rings is 1. The molecule has 4 nitrogen and oxygen atoms in total. The number of aryl methyl sites for hydroxylation is 2. The van der Waals surface area contributed by atoms with E-state index < -0.39 is 0 Å². The van der Waals surface area contributed by atoms with Crippen molar-refractivity contribution >= 4 is 5.91 Å². The van der Waals surface area contributed by atoms with Crippen molar-refractivity contribution in [1.29, 1.82) is 0 Å². The van der Waals surface area contributed by atoms with Gasteiger partial charge in [-0.25, -0.2) is 0 Å². The summed E-state index contributed by atoms with van der Waals surface area (Å²) < 4.78 is 0. The van der Waals surface area contributed by atoms with Crippen molar-refractivity contribution < 1.29 is 4.79 Å². The molecule has 1 amide bonds. The van der Waals surface area contributed by atoms with Crippen molar-refractivity contribution in [3.8, 4) is 0 Å². The third-order valence-electron chi connectivity index (χ3n) is 4.26. The summed E-state index contributed by atoms with van der Waals surface area (Å²) >= 11 is 0. The van der Waals surface area contributed by atoms with Crippen LogP contribution in [0.15, 0.2) is 41.2 Å². The van der Waals surface area contributed by atoms with E-state index >= 15 is 0 Å². The number of nitrogens with one attached hydrogen (secondary N) is 1. The van der Waals surface area contributed by atoms with Gasteiger partial charge in [0.05, 0.1) is 6.04 Å². The number of amides is 1. The van der Waals surface area contributed by atoms with Gasteiger partial charge in [-0.2, -0.15) is 0 Å². The fraction of sp³-hybridized carbons (Fsp3) is 0.333. The van der Waals surface area contributed by atoms with Crippen molar-refractivity contribution in [2.24, 2.45) is 0 Å². The van der Waals surface area contributed by atoms with Crippen LogP contribution in [0.4, 0.5) is 0 Å². The van der Waals surface area contributed by atoms with E-state index in [0.717, 1.165) is 24.1 Å². The van der Waals surface area contributed by atoms with Crippen molar-refractivity contribution in [3.05, 3.63) is 69.1 Å². The van der Waals surface area contributed by atoms with Gasteiger partial charge in [-0.05, 0) is 44.4 Å². The van der Waals surface area contributed by atoms with E-state index in [1.54, 1.807) is 19.1 Å². The van der Waals surface area contributed by atoms with Crippen LogP contribution in [0, 0.1) is 13.8 Å². The molecule has 1 aromatic heterocycles. The predicted molar refractivity (Wildman–Crippen MR) is 86.0 cm³/mol. The molecule has 0 bridgehead atoms. The van der Waals surface area contributed by atoms with Gasteiger partial charge in [0.25, 0.3) is 11.5 Å². The lowest BCUT2D eigenvalue weighted by molar-refractivity contribution is 0.0734. The summed E-state index contributed by atoms with van der Waals surface area (Å²) in [5.41, 5.74) is 3.02. The van der Waals surface area contributed by atoms with Crippen LogP contribution < -0.4 is 5.56 Å². The Balaban J connectivity index is 1.91. The first-order chi connectivity index (χ1) is 10.6. The van der Waals surface area contributed by atoms with Gasteiger partial charge in [0.2, 0.25) is 0 Å². The summed E-state index contributed by atoms with van der Waals surface area (Å²) in [6.07, 6.45) is 1.91. The van der Waals surface area contributed by atoms with Crippen LogP contribution in [0.3, 0.4) is 0 Å². The molecule has 0 saturated carbocycles. The monoisotopic (exact) mass is 296 g/mol. The summed E-state index contributed by atoms with van der Waals surface area (Å²) in [6, 6.07) is 11.7. The number of aromatic nitrogens is 1. The van der Waals surface area contributed by atoms with Crippen molar-refractivity contribution in [1.82, 2.24) is 9.88 Å². The number of rotatable bonds is 2. The Kier molecular flexibility index (Phi) is 3.84. The Morgan fingerprint density at radius 3 is 2.55 bits per heavy atom. The maximum absolute atomic E-state index is 12.7. The normalized spacial score (nSPS) is 17.7. The topological polar surface area (TPSA) is 53.2 Å². The molecule has 2 heterocycles. The van der Waals surface area contributed by atoms with Crippen LogP contribution in [0.1, 0.15) is 46.1 Å². The minimum atomic E-state index is -0.306. The first-order valence-electron chi connectivity index (χ1n) is 7.64. The molecule has 4 heteroatoms. The van der Waals surface area contributed by atoms with Crippen LogP contribution in [-0.4, -0.2) is 22.3 Å². The fourth-order valence-electron chi connectivity index (χ4n) is 3.04. The molecule has 1 atom stereocenters. The molecular formula is C18H20N2O2. The summed E-state index contributed by atoms with van der Waals surface area (Å²) in [5.74, 6) is -0.177. The van der Waals surface area contributed by atoms with Crippen molar-refractivity contribution in [2.75, 3.05) is 6.54 Å². The zero-order chi connectivity index (χ0) is 15.7. The highest BCUT2D eigenvalue weighted by molar-refractivity contribution is 5.94. The van der Waals surface area contributed by atoms with Crippen molar-refractivity contribution in [2.45, 2.75) is 32.7 Å². The van der Waals surface area contributed by atoms with Gasteiger partial charge in [-0.1, -0.05) is 29.8 Å². The quantitative estimate of drug-likeness (QED) is 0.926. The average molecular weight is 296 g/mol. The molecule has 1 aliphatic rings. The van der Waals surface area contributed by atoms with Gasteiger partial charge in [0.15, 0.2) is 0 Å². The van der Waals surface area contributed by atoms with E-state index in [0.29, 0.717) is 6.54 Å². The van der Waals surface area contributed by atoms with E-state index in [-0.39, 0.29) is 23.1 Å². The lowest BCUT2D eigenvalue weighted by Crippen LogP contribution is -2.34. The van der Waals surface area contributed by atoms with Gasteiger partial charge >= 0.3 is 0 Å². The number of hydrogen-bond acceptors (Lipinski definition) is 2. The standard InChI is InChI=1S/C18H20N2O2/c1-12-5-8-14(9-6-12)16-4-3-11-20(16)18(22)15-10-7-13(2)19-17(15)21/h5-10,16H,3-4,11H2,1-2H3,(H,19,21)/t16-/m1/s1. The first-order valence-corrected chi connectivity index (χ1v) is 7.64. The van der Waals surface area contributed by atoms with E-state index in [1.807, 2.05) is 11.8 Å². The van der Waals surface area contributed by atoms with Gasteiger partial charge in [0, 0.05) is 12.2 Å². The number of benzene rings is 1. The smallest absolute Gasteiger partial charge is 0.260 e. The van der Waals surface area contributed by atoms with Crippen LogP contribution in [0.5, 0.6) is 0 Å². The molecule has 1 aromatic carbocycles. The van der Waals surface area contributed by atoms with Gasteiger partial charge in [0.1, 0.15) is 5.56 Å². The number of nitrogens with zero attached hydrogens (tertiary/aromatic N) is 1. The van der Waals surface area contributed by atoms with Crippen LogP contribution in [0.2, 0.25) is 0 Å². The lowest BCUT2D eigenvalue weighted by atomic mass is 10.0. The van der Waals surface area contributed by atoms with Crippen LogP contribution in [-0.2, 0) is 0 Å². The molecule has 0 unspecified atom stereocenters. The number of H-pyrrole nitrogens is 1. The molecule has 3 rings (SSSR count). The van der Waals surface area contributed by atoms with Crippen LogP contribution >= 0.6 is 0 Å². The third-order valence-corrected chi connectivity index (χ3v) is 4.26. The van der Waals surface area contributed by atoms with E-state index in [4.69, 9.17) is 0 Å². The molecule has 1 N–H and O–H groups in total. The predicted octanol–water partition coefficient (Wildman–Crippen LogP) is 2.97. The number of aromatic amines is 1. The highest BCUT2D eigenvalue weighted by Gasteiger charge is 2.31.